The van der Waals surface area contributed by atoms with E-state index in [9.17, 15) is 0 Å². The van der Waals surface area contributed by atoms with Crippen molar-refractivity contribution in [3.8, 4) is 5.69 Å². The van der Waals surface area contributed by atoms with E-state index < -0.39 is 0 Å². The molecule has 2 atom stereocenters. The number of hydrogen-bond acceptors (Lipinski definition) is 1. The van der Waals surface area contributed by atoms with Crippen molar-refractivity contribution >= 4 is 27.5 Å². The van der Waals surface area contributed by atoms with Gasteiger partial charge in [-0.05, 0) is 54.8 Å². The van der Waals surface area contributed by atoms with Crippen molar-refractivity contribution in [1.82, 2.24) is 4.57 Å². The van der Waals surface area contributed by atoms with E-state index in [4.69, 9.17) is 0 Å². The minimum absolute atomic E-state index is 0.327. The monoisotopic (exact) mass is 412 g/mol. The fourth-order valence-electron chi connectivity index (χ4n) is 5.84. The van der Waals surface area contributed by atoms with Gasteiger partial charge in [-0.3, -0.25) is 0 Å². The zero-order valence-electron chi connectivity index (χ0n) is 17.9. The van der Waals surface area contributed by atoms with Crippen molar-refractivity contribution in [3.63, 3.8) is 0 Å². The van der Waals surface area contributed by atoms with E-state index in [0.29, 0.717) is 12.0 Å². The molecule has 2 heterocycles. The van der Waals surface area contributed by atoms with Crippen LogP contribution in [-0.2, 0) is 0 Å². The van der Waals surface area contributed by atoms with Crippen LogP contribution >= 0.6 is 0 Å². The molecule has 0 bridgehead atoms. The molecule has 154 valence electrons. The van der Waals surface area contributed by atoms with Crippen molar-refractivity contribution in [2.45, 2.75) is 24.8 Å². The van der Waals surface area contributed by atoms with Gasteiger partial charge in [-0.2, -0.15) is 0 Å². The lowest BCUT2D eigenvalue weighted by Gasteiger charge is -2.30. The zero-order chi connectivity index (χ0) is 21.1. The molecule has 0 N–H and O–H groups in total. The molecular weight excluding hydrogens is 388 g/mol. The standard InChI is InChI=1S/C30H24N2/c1-3-11-21(12-4-1)31-25-17-9-7-15-23(25)29-27(31)19-20-28-30(29)24-16-8-10-18-26(24)32(28)22-13-5-2-6-14-22/h1,3-5,7-20,24,26H,2,6H2. The molecule has 2 nitrogen and oxygen atoms in total. The van der Waals surface area contributed by atoms with E-state index in [1.165, 1.54) is 44.4 Å². The van der Waals surface area contributed by atoms with E-state index in [1.54, 1.807) is 0 Å². The van der Waals surface area contributed by atoms with Gasteiger partial charge in [0.1, 0.15) is 0 Å². The van der Waals surface area contributed by atoms with E-state index >= 15 is 0 Å². The van der Waals surface area contributed by atoms with E-state index in [2.05, 4.69) is 119 Å². The predicted octanol–water partition coefficient (Wildman–Crippen LogP) is 7.42. The van der Waals surface area contributed by atoms with Gasteiger partial charge in [-0.15, -0.1) is 0 Å². The third-order valence-electron chi connectivity index (χ3n) is 7.12. The molecule has 2 heteroatoms. The van der Waals surface area contributed by atoms with Crippen LogP contribution in [0.3, 0.4) is 0 Å². The Morgan fingerprint density at radius 2 is 1.59 bits per heavy atom. The highest BCUT2D eigenvalue weighted by Crippen LogP contribution is 2.51. The average molecular weight is 413 g/mol. The molecule has 1 aliphatic heterocycles. The molecule has 0 saturated carbocycles. The summed E-state index contributed by atoms with van der Waals surface area (Å²) in [5, 5.41) is 2.72. The number of benzene rings is 3. The molecule has 0 saturated heterocycles. The molecule has 2 aliphatic carbocycles. The Hall–Kier alpha value is -3.78. The molecular formula is C30H24N2. The second-order valence-electron chi connectivity index (χ2n) is 8.85. The molecule has 0 fully saturated rings. The Balaban J connectivity index is 1.58. The largest absolute Gasteiger partial charge is 0.334 e. The van der Waals surface area contributed by atoms with Crippen molar-refractivity contribution in [2.75, 3.05) is 4.90 Å². The predicted molar refractivity (Wildman–Crippen MR) is 135 cm³/mol. The van der Waals surface area contributed by atoms with E-state index in [0.717, 1.165) is 12.8 Å². The van der Waals surface area contributed by atoms with Crippen molar-refractivity contribution in [1.29, 1.82) is 0 Å². The fraction of sp³-hybridized carbons (Fsp3) is 0.133. The van der Waals surface area contributed by atoms with Gasteiger partial charge in [0.05, 0.1) is 17.1 Å². The Morgan fingerprint density at radius 1 is 0.750 bits per heavy atom. The van der Waals surface area contributed by atoms with Crippen molar-refractivity contribution in [2.24, 2.45) is 0 Å². The number of aromatic nitrogens is 1. The van der Waals surface area contributed by atoms with Crippen LogP contribution in [0, 0.1) is 0 Å². The number of anilines is 1. The van der Waals surface area contributed by atoms with Crippen LogP contribution in [0.1, 0.15) is 24.3 Å². The highest BCUT2D eigenvalue weighted by molar-refractivity contribution is 6.13. The number of allylic oxidation sites excluding steroid dienone is 5. The highest BCUT2D eigenvalue weighted by atomic mass is 15.2. The maximum absolute atomic E-state index is 2.56. The second-order valence-corrected chi connectivity index (χ2v) is 8.85. The van der Waals surface area contributed by atoms with Crippen LogP contribution in [0.5, 0.6) is 0 Å². The molecule has 4 aromatic rings. The summed E-state index contributed by atoms with van der Waals surface area (Å²) in [5.41, 5.74) is 7.89. The minimum atomic E-state index is 0.327. The summed E-state index contributed by atoms with van der Waals surface area (Å²) in [4.78, 5) is 2.56. The smallest absolute Gasteiger partial charge is 0.0629 e. The summed E-state index contributed by atoms with van der Waals surface area (Å²) >= 11 is 0. The lowest BCUT2D eigenvalue weighted by Crippen LogP contribution is -2.31. The molecule has 1 aromatic heterocycles. The minimum Gasteiger partial charge on any atom is -0.334 e. The SMILES string of the molecule is C1=CC2c3c(ccc4c3c3ccccc3n4-c3ccccc3)N(C3=CCCC=C3)C2C=C1. The Bertz CT molecular complexity index is 1480. The normalized spacial score (nSPS) is 21.2. The van der Waals surface area contributed by atoms with Crippen LogP contribution in [0.4, 0.5) is 5.69 Å². The van der Waals surface area contributed by atoms with Gasteiger partial charge in [0.25, 0.3) is 0 Å². The number of rotatable bonds is 2. The average Bonchev–Trinajstić information content (AvgIpc) is 3.38. The number of hydrogen-bond donors (Lipinski definition) is 0. The molecule has 7 rings (SSSR count). The third-order valence-corrected chi connectivity index (χ3v) is 7.12. The topological polar surface area (TPSA) is 8.17 Å². The number of nitrogens with zero attached hydrogens (tertiary/aromatic N) is 2. The van der Waals surface area contributed by atoms with Crippen LogP contribution in [0.2, 0.25) is 0 Å². The number of fused-ring (bicyclic) bond motifs is 7. The van der Waals surface area contributed by atoms with E-state index in [1.807, 2.05) is 0 Å². The van der Waals surface area contributed by atoms with Gasteiger partial charge in [-0.25, -0.2) is 0 Å². The van der Waals surface area contributed by atoms with Crippen LogP contribution in [0.15, 0.2) is 115 Å². The molecule has 3 aliphatic rings. The first kappa shape index (κ1) is 17.9. The first-order chi connectivity index (χ1) is 15.9. The molecule has 2 unspecified atom stereocenters. The Kier molecular flexibility index (Phi) is 3.83. The molecule has 0 spiro atoms. The summed E-state index contributed by atoms with van der Waals surface area (Å²) in [6.07, 6.45) is 18.5. The zero-order valence-corrected chi connectivity index (χ0v) is 17.9. The van der Waals surface area contributed by atoms with Crippen LogP contribution in [-0.4, -0.2) is 10.6 Å². The van der Waals surface area contributed by atoms with Gasteiger partial charge in [0.2, 0.25) is 0 Å². The summed E-state index contributed by atoms with van der Waals surface area (Å²) < 4.78 is 2.42. The van der Waals surface area contributed by atoms with Gasteiger partial charge in [0.15, 0.2) is 0 Å². The van der Waals surface area contributed by atoms with Gasteiger partial charge in [-0.1, -0.05) is 72.9 Å². The second kappa shape index (κ2) is 6.86. The molecule has 0 amide bonds. The lowest BCUT2D eigenvalue weighted by atomic mass is 9.88. The molecule has 3 aromatic carbocycles. The highest BCUT2D eigenvalue weighted by Gasteiger charge is 2.40. The first-order valence-corrected chi connectivity index (χ1v) is 11.5. The lowest BCUT2D eigenvalue weighted by molar-refractivity contribution is 0.727. The summed E-state index contributed by atoms with van der Waals surface area (Å²) in [6, 6.07) is 24.6. The van der Waals surface area contributed by atoms with Gasteiger partial charge < -0.3 is 9.47 Å². The van der Waals surface area contributed by atoms with Crippen molar-refractivity contribution < 1.29 is 0 Å². The Morgan fingerprint density at radius 3 is 2.47 bits per heavy atom. The first-order valence-electron chi connectivity index (χ1n) is 11.5. The van der Waals surface area contributed by atoms with Crippen LogP contribution in [0.25, 0.3) is 27.5 Å². The third kappa shape index (κ3) is 2.41. The number of para-hydroxylation sites is 2. The summed E-state index contributed by atoms with van der Waals surface area (Å²) in [7, 11) is 0. The van der Waals surface area contributed by atoms with Crippen molar-refractivity contribution in [3.05, 3.63) is 121 Å². The summed E-state index contributed by atoms with van der Waals surface area (Å²) in [5.74, 6) is 0.352. The molecule has 32 heavy (non-hydrogen) atoms. The quantitative estimate of drug-likeness (QED) is 0.333. The van der Waals surface area contributed by atoms with Crippen LogP contribution < -0.4 is 4.90 Å². The molecule has 0 radical (unpaired) electrons. The maximum Gasteiger partial charge on any atom is 0.0629 e. The fourth-order valence-corrected chi connectivity index (χ4v) is 5.84. The van der Waals surface area contributed by atoms with Gasteiger partial charge in [0, 0.05) is 33.8 Å². The summed E-state index contributed by atoms with van der Waals surface area (Å²) in [6.45, 7) is 0. The Labute approximate surface area is 188 Å². The maximum atomic E-state index is 2.56. The van der Waals surface area contributed by atoms with E-state index in [-0.39, 0.29) is 0 Å². The van der Waals surface area contributed by atoms with Gasteiger partial charge >= 0.3 is 0 Å².